The third-order valence-electron chi connectivity index (χ3n) is 3.75. The van der Waals surface area contributed by atoms with Crippen LogP contribution in [0.5, 0.6) is 0 Å². The second-order valence-electron chi connectivity index (χ2n) is 5.42. The van der Waals surface area contributed by atoms with Crippen molar-refractivity contribution in [3.8, 4) is 12.3 Å². The van der Waals surface area contributed by atoms with E-state index in [1.54, 1.807) is 0 Å². The zero-order valence-corrected chi connectivity index (χ0v) is 12.6. The Morgan fingerprint density at radius 1 is 1.62 bits per heavy atom. The molecule has 3 heterocycles. The van der Waals surface area contributed by atoms with Gasteiger partial charge >= 0.3 is 12.0 Å². The predicted molar refractivity (Wildman–Crippen MR) is 82.2 cm³/mol. The van der Waals surface area contributed by atoms with Crippen LogP contribution in [0.1, 0.15) is 12.6 Å². The first-order valence-corrected chi connectivity index (χ1v) is 6.71. The minimum atomic E-state index is -1.78. The monoisotopic (exact) mass is 325 g/mol. The van der Waals surface area contributed by atoms with Gasteiger partial charge in [-0.2, -0.15) is 14.4 Å². The fourth-order valence-electron chi connectivity index (χ4n) is 2.69. The second-order valence-corrected chi connectivity index (χ2v) is 5.42. The van der Waals surface area contributed by atoms with Crippen molar-refractivity contribution in [1.82, 2.24) is 19.5 Å². The van der Waals surface area contributed by atoms with E-state index in [1.165, 1.54) is 10.9 Å². The molecule has 0 bridgehead atoms. The van der Waals surface area contributed by atoms with E-state index < -0.39 is 29.1 Å². The van der Waals surface area contributed by atoms with Crippen LogP contribution in [0.15, 0.2) is 6.33 Å². The normalized spacial score (nSPS) is 25.5. The van der Waals surface area contributed by atoms with Crippen molar-refractivity contribution < 1.29 is 18.7 Å². The number of terminal acetylenes is 1. The predicted octanol–water partition coefficient (Wildman–Crippen LogP) is -0.535. The lowest BCUT2D eigenvalue weighted by molar-refractivity contribution is -0.163. The molecule has 0 aromatic carbocycles. The standard InChI is InChI=1S/C13H10B2FN5O3/c1-3-12(10(22)23-2)4-13(14,15)9(24-12)21-5-18-6-7(17)19-11(16)20-8(6)21/h1,5,9H,4H2,2H3,(H2,17,19,20). The van der Waals surface area contributed by atoms with Gasteiger partial charge in [0.1, 0.15) is 6.23 Å². The van der Waals surface area contributed by atoms with Gasteiger partial charge in [-0.3, -0.25) is 4.57 Å². The van der Waals surface area contributed by atoms with E-state index in [1.807, 2.05) is 0 Å². The molecule has 0 saturated carbocycles. The Balaban J connectivity index is 2.13. The molecule has 1 fully saturated rings. The molecule has 0 spiro atoms. The number of nitrogens with two attached hydrogens (primary N) is 1. The van der Waals surface area contributed by atoms with Crippen molar-refractivity contribution in [1.29, 1.82) is 0 Å². The van der Waals surface area contributed by atoms with Gasteiger partial charge in [-0.25, -0.2) is 9.78 Å². The van der Waals surface area contributed by atoms with Gasteiger partial charge in [0.25, 0.3) is 0 Å². The molecule has 2 aromatic heterocycles. The molecule has 0 aliphatic carbocycles. The van der Waals surface area contributed by atoms with Gasteiger partial charge in [0.15, 0.2) is 17.0 Å². The number of anilines is 1. The lowest BCUT2D eigenvalue weighted by atomic mass is 9.51. The molecule has 1 aliphatic heterocycles. The van der Waals surface area contributed by atoms with Crippen LogP contribution >= 0.6 is 0 Å². The van der Waals surface area contributed by atoms with E-state index in [2.05, 4.69) is 25.6 Å². The van der Waals surface area contributed by atoms with Crippen LogP contribution in [0.2, 0.25) is 5.21 Å². The number of ether oxygens (including phenoxy) is 2. The average Bonchev–Trinajstić information content (AvgIpc) is 3.05. The number of halogens is 1. The van der Waals surface area contributed by atoms with Gasteiger partial charge in [-0.1, -0.05) is 11.1 Å². The number of fused-ring (bicyclic) bond motifs is 1. The molecule has 2 N–H and O–H groups in total. The topological polar surface area (TPSA) is 105 Å². The fourth-order valence-corrected chi connectivity index (χ4v) is 2.69. The van der Waals surface area contributed by atoms with E-state index in [0.29, 0.717) is 0 Å². The van der Waals surface area contributed by atoms with Crippen molar-refractivity contribution in [2.45, 2.75) is 23.5 Å². The van der Waals surface area contributed by atoms with E-state index in [0.717, 1.165) is 7.11 Å². The van der Waals surface area contributed by atoms with Crippen LogP contribution in [-0.4, -0.2) is 53.9 Å². The van der Waals surface area contributed by atoms with Crippen molar-refractivity contribution in [3.63, 3.8) is 0 Å². The highest BCUT2D eigenvalue weighted by Gasteiger charge is 2.55. The number of carbonyl (C=O) groups excluding carboxylic acids is 1. The molecule has 1 saturated heterocycles. The van der Waals surface area contributed by atoms with Gasteiger partial charge in [-0.15, -0.1) is 6.42 Å². The highest BCUT2D eigenvalue weighted by molar-refractivity contribution is 6.40. The van der Waals surface area contributed by atoms with Crippen molar-refractivity contribution in [3.05, 3.63) is 12.4 Å². The molecular formula is C13H10B2FN5O3. The summed E-state index contributed by atoms with van der Waals surface area (Å²) in [6.07, 6.45) is 4.23. The molecule has 4 radical (unpaired) electrons. The maximum atomic E-state index is 13.5. The molecule has 2 unspecified atom stereocenters. The maximum Gasteiger partial charge on any atom is 0.350 e. The number of nitrogen functional groups attached to an aromatic ring is 1. The number of rotatable bonds is 2. The molecule has 1 aliphatic rings. The van der Waals surface area contributed by atoms with Crippen LogP contribution < -0.4 is 5.73 Å². The van der Waals surface area contributed by atoms with E-state index in [9.17, 15) is 9.18 Å². The molecule has 0 amide bonds. The van der Waals surface area contributed by atoms with Gasteiger partial charge in [0.05, 0.1) is 29.1 Å². The van der Waals surface area contributed by atoms with Gasteiger partial charge < -0.3 is 15.2 Å². The molecule has 2 atom stereocenters. The third kappa shape index (κ3) is 2.22. The molecule has 3 rings (SSSR count). The number of esters is 1. The summed E-state index contributed by atoms with van der Waals surface area (Å²) in [6.45, 7) is 0. The largest absolute Gasteiger partial charge is 0.466 e. The van der Waals surface area contributed by atoms with E-state index in [4.69, 9.17) is 32.6 Å². The van der Waals surface area contributed by atoms with E-state index >= 15 is 0 Å². The Morgan fingerprint density at radius 3 is 2.96 bits per heavy atom. The number of hydrogen-bond acceptors (Lipinski definition) is 7. The van der Waals surface area contributed by atoms with Crippen molar-refractivity contribution >= 4 is 38.6 Å². The lowest BCUT2D eigenvalue weighted by Crippen LogP contribution is -2.38. The first kappa shape index (κ1) is 16.3. The Bertz CT molecular complexity index is 880. The summed E-state index contributed by atoms with van der Waals surface area (Å²) < 4.78 is 25.0. The summed E-state index contributed by atoms with van der Waals surface area (Å²) in [6, 6.07) is 0. The average molecular weight is 325 g/mol. The summed E-state index contributed by atoms with van der Waals surface area (Å²) >= 11 is 0. The minimum Gasteiger partial charge on any atom is -0.466 e. The molecule has 8 nitrogen and oxygen atoms in total. The Morgan fingerprint density at radius 2 is 2.33 bits per heavy atom. The van der Waals surface area contributed by atoms with Crippen LogP contribution in [0.25, 0.3) is 11.2 Å². The summed E-state index contributed by atoms with van der Waals surface area (Å²) in [5, 5.41) is -1.58. The Hall–Kier alpha value is -2.60. The highest BCUT2D eigenvalue weighted by Crippen LogP contribution is 2.52. The number of imidazole rings is 1. The minimum absolute atomic E-state index is 0.00274. The van der Waals surface area contributed by atoms with Gasteiger partial charge in [0.2, 0.25) is 5.60 Å². The quantitative estimate of drug-likeness (QED) is 0.342. The molecule has 2 aromatic rings. The van der Waals surface area contributed by atoms with Crippen molar-refractivity contribution in [2.24, 2.45) is 0 Å². The van der Waals surface area contributed by atoms with E-state index in [-0.39, 0.29) is 23.4 Å². The SMILES string of the molecule is [B]C1([B])CC(C#C)(C(=O)OC)OC1n1cnc2c(N)nc(F)nc21. The smallest absolute Gasteiger partial charge is 0.350 e. The zero-order chi connectivity index (χ0) is 17.7. The Labute approximate surface area is 138 Å². The van der Waals surface area contributed by atoms with Crippen LogP contribution in [0, 0.1) is 18.4 Å². The number of aromatic nitrogens is 4. The van der Waals surface area contributed by atoms with Crippen LogP contribution in [0.3, 0.4) is 0 Å². The fraction of sp³-hybridized carbons (Fsp3) is 0.385. The summed E-state index contributed by atoms with van der Waals surface area (Å²) in [5.74, 6) is 1.24. The second kappa shape index (κ2) is 5.21. The summed E-state index contributed by atoms with van der Waals surface area (Å²) in [7, 11) is 13.3. The first-order valence-electron chi connectivity index (χ1n) is 6.71. The first-order chi connectivity index (χ1) is 11.2. The molecule has 11 heteroatoms. The van der Waals surface area contributed by atoms with Crippen molar-refractivity contribution in [2.75, 3.05) is 12.8 Å². The summed E-state index contributed by atoms with van der Waals surface area (Å²) in [5.41, 5.74) is 3.96. The van der Waals surface area contributed by atoms with Crippen LogP contribution in [0.4, 0.5) is 10.2 Å². The van der Waals surface area contributed by atoms with Gasteiger partial charge in [-0.05, 0) is 6.42 Å². The number of hydrogen-bond donors (Lipinski definition) is 1. The number of methoxy groups -OCH3 is 1. The Kier molecular flexibility index (Phi) is 3.53. The summed E-state index contributed by atoms with van der Waals surface area (Å²) in [4.78, 5) is 23.0. The number of carbonyl (C=O) groups is 1. The lowest BCUT2D eigenvalue weighted by Gasteiger charge is -2.26. The molecule has 118 valence electrons. The highest BCUT2D eigenvalue weighted by atomic mass is 19.1. The third-order valence-corrected chi connectivity index (χ3v) is 3.75. The van der Waals surface area contributed by atoms with Gasteiger partial charge in [0, 0.05) is 0 Å². The van der Waals surface area contributed by atoms with Crippen LogP contribution in [-0.2, 0) is 14.3 Å². The number of nitrogens with zero attached hydrogens (tertiary/aromatic N) is 4. The molecular weight excluding hydrogens is 315 g/mol. The maximum absolute atomic E-state index is 13.5. The molecule has 24 heavy (non-hydrogen) atoms. The zero-order valence-electron chi connectivity index (χ0n) is 12.6.